The quantitative estimate of drug-likeness (QED) is 0.336. The average Bonchev–Trinajstić information content (AvgIpc) is 2.95. The first-order chi connectivity index (χ1) is 15.2. The summed E-state index contributed by atoms with van der Waals surface area (Å²) < 4.78 is 0. The van der Waals surface area contributed by atoms with Crippen molar-refractivity contribution < 1.29 is 0 Å². The smallest absolute Gasteiger partial charge is 0.0636 e. The fourth-order valence-corrected chi connectivity index (χ4v) is 12.1. The van der Waals surface area contributed by atoms with Crippen LogP contribution in [0.2, 0.25) is 0 Å². The highest BCUT2D eigenvalue weighted by Gasteiger charge is 2.49. The van der Waals surface area contributed by atoms with Gasteiger partial charge in [-0.05, 0) is 75.5 Å². The molecule has 3 aromatic rings. The number of rotatable bonds is 4. The van der Waals surface area contributed by atoms with Crippen LogP contribution in [0.3, 0.4) is 0 Å². The number of allylic oxidation sites excluding steroid dienone is 4. The molecule has 1 unspecified atom stereocenters. The lowest BCUT2D eigenvalue weighted by atomic mass is 10.1. The minimum absolute atomic E-state index is 0.447. The molecule has 32 heavy (non-hydrogen) atoms. The lowest BCUT2D eigenvalue weighted by Crippen LogP contribution is -2.70. The van der Waals surface area contributed by atoms with Gasteiger partial charge in [0.15, 0.2) is 8.07 Å². The number of aryl methyl sites for hydroxylation is 4. The lowest BCUT2D eigenvalue weighted by molar-refractivity contribution is 0.851. The van der Waals surface area contributed by atoms with Crippen LogP contribution in [0.1, 0.15) is 49.9 Å². The third kappa shape index (κ3) is 3.35. The Morgan fingerprint density at radius 3 is 1.50 bits per heavy atom. The maximum absolute atomic E-state index is 2.50. The van der Waals surface area contributed by atoms with Crippen molar-refractivity contribution in [3.63, 3.8) is 0 Å². The van der Waals surface area contributed by atoms with Gasteiger partial charge in [-0.1, -0.05) is 112 Å². The van der Waals surface area contributed by atoms with E-state index >= 15 is 0 Å². The Hall–Kier alpha value is -2.64. The summed E-state index contributed by atoms with van der Waals surface area (Å²) in [6, 6.07) is 25.7. The average molecular weight is 437 g/mol. The van der Waals surface area contributed by atoms with Crippen LogP contribution in [0.25, 0.3) is 0 Å². The Kier molecular flexibility index (Phi) is 5.90. The first-order valence-corrected chi connectivity index (χ1v) is 13.8. The van der Waals surface area contributed by atoms with Crippen molar-refractivity contribution >= 4 is 23.6 Å². The SMILES string of the molecule is CC1=C(C)C(C)C([Si](c2ccccc2)(c2ccc(C)cc2C)c2ccc(C)cc2C)=C1C. The second-order valence-electron chi connectivity index (χ2n) is 9.82. The molecule has 0 aromatic heterocycles. The van der Waals surface area contributed by atoms with Gasteiger partial charge in [0.2, 0.25) is 0 Å². The van der Waals surface area contributed by atoms with Gasteiger partial charge >= 0.3 is 0 Å². The monoisotopic (exact) mass is 436 g/mol. The summed E-state index contributed by atoms with van der Waals surface area (Å²) in [5, 5.41) is 6.22. The van der Waals surface area contributed by atoms with Gasteiger partial charge in [-0.3, -0.25) is 0 Å². The third-order valence-corrected chi connectivity index (χ3v) is 13.4. The summed E-state index contributed by atoms with van der Waals surface area (Å²) in [4.78, 5) is 0. The van der Waals surface area contributed by atoms with Crippen LogP contribution in [0.5, 0.6) is 0 Å². The van der Waals surface area contributed by atoms with E-state index < -0.39 is 8.07 Å². The summed E-state index contributed by atoms with van der Waals surface area (Å²) in [5.74, 6) is 0.447. The minimum Gasteiger partial charge on any atom is -0.0636 e. The van der Waals surface area contributed by atoms with Crippen molar-refractivity contribution in [3.05, 3.63) is 111 Å². The van der Waals surface area contributed by atoms with Gasteiger partial charge in [0.05, 0.1) is 0 Å². The molecule has 0 saturated heterocycles. The molecular formula is C31H36Si. The highest BCUT2D eigenvalue weighted by molar-refractivity contribution is 7.16. The predicted octanol–water partition coefficient (Wildman–Crippen LogP) is 6.23. The Labute approximate surface area is 195 Å². The topological polar surface area (TPSA) is 0 Å². The van der Waals surface area contributed by atoms with Gasteiger partial charge in [-0.2, -0.15) is 0 Å². The highest BCUT2D eigenvalue weighted by atomic mass is 28.3. The Bertz CT molecular complexity index is 1190. The molecule has 1 atom stereocenters. The molecule has 0 amide bonds. The molecule has 3 aromatic carbocycles. The van der Waals surface area contributed by atoms with Gasteiger partial charge in [0.25, 0.3) is 0 Å². The molecule has 1 heteroatoms. The van der Waals surface area contributed by atoms with Crippen LogP contribution in [0, 0.1) is 33.6 Å². The van der Waals surface area contributed by atoms with E-state index in [0.717, 1.165) is 0 Å². The molecule has 0 N–H and O–H groups in total. The second kappa shape index (κ2) is 8.37. The Balaban J connectivity index is 2.24. The Morgan fingerprint density at radius 1 is 0.594 bits per heavy atom. The van der Waals surface area contributed by atoms with Crippen molar-refractivity contribution in [1.82, 2.24) is 0 Å². The van der Waals surface area contributed by atoms with Crippen molar-refractivity contribution in [2.45, 2.75) is 55.4 Å². The van der Waals surface area contributed by atoms with Gasteiger partial charge in [-0.15, -0.1) is 0 Å². The van der Waals surface area contributed by atoms with Crippen LogP contribution < -0.4 is 15.6 Å². The number of hydrogen-bond acceptors (Lipinski definition) is 0. The third-order valence-electron chi connectivity index (χ3n) is 7.82. The van der Waals surface area contributed by atoms with Gasteiger partial charge in [0.1, 0.15) is 0 Å². The molecule has 0 spiro atoms. The standard InChI is InChI=1S/C31H36Si/c1-20-14-16-29(22(3)18-20)32(28-12-10-9-11-13-28,30-17-15-21(2)19-23(30)4)31-26(7)24(5)25(6)27(31)8/h9-19,26H,1-8H3. The van der Waals surface area contributed by atoms with Crippen LogP contribution in [-0.4, -0.2) is 8.07 Å². The second-order valence-corrected chi connectivity index (χ2v) is 13.5. The lowest BCUT2D eigenvalue weighted by Gasteiger charge is -2.40. The fraction of sp³-hybridized carbons (Fsp3) is 0.290. The van der Waals surface area contributed by atoms with E-state index in [9.17, 15) is 0 Å². The van der Waals surface area contributed by atoms with E-state index in [1.807, 2.05) is 0 Å². The molecule has 1 aliphatic rings. The van der Waals surface area contributed by atoms with Crippen molar-refractivity contribution in [1.29, 1.82) is 0 Å². The summed E-state index contributed by atoms with van der Waals surface area (Å²) in [5.41, 5.74) is 10.0. The van der Waals surface area contributed by atoms with Crippen molar-refractivity contribution in [2.75, 3.05) is 0 Å². The van der Waals surface area contributed by atoms with Crippen LogP contribution in [0.4, 0.5) is 0 Å². The van der Waals surface area contributed by atoms with Gasteiger partial charge in [0, 0.05) is 0 Å². The number of benzene rings is 3. The van der Waals surface area contributed by atoms with Crippen LogP contribution >= 0.6 is 0 Å². The van der Waals surface area contributed by atoms with Crippen LogP contribution in [0.15, 0.2) is 88.6 Å². The molecule has 0 nitrogen and oxygen atoms in total. The van der Waals surface area contributed by atoms with E-state index in [1.165, 1.54) is 54.5 Å². The van der Waals surface area contributed by atoms with E-state index in [-0.39, 0.29) is 0 Å². The van der Waals surface area contributed by atoms with Gasteiger partial charge < -0.3 is 0 Å². The molecule has 0 radical (unpaired) electrons. The molecule has 0 bridgehead atoms. The molecular weight excluding hydrogens is 400 g/mol. The molecule has 0 heterocycles. The maximum Gasteiger partial charge on any atom is 0.177 e. The fourth-order valence-electron chi connectivity index (χ4n) is 6.03. The summed E-state index contributed by atoms with van der Waals surface area (Å²) in [7, 11) is -2.50. The largest absolute Gasteiger partial charge is 0.177 e. The van der Waals surface area contributed by atoms with Crippen molar-refractivity contribution in [3.8, 4) is 0 Å². The zero-order chi connectivity index (χ0) is 23.2. The highest BCUT2D eigenvalue weighted by Crippen LogP contribution is 2.41. The number of hydrogen-bond donors (Lipinski definition) is 0. The van der Waals surface area contributed by atoms with Crippen molar-refractivity contribution in [2.24, 2.45) is 5.92 Å². The molecule has 1 aliphatic carbocycles. The molecule has 0 fully saturated rings. The maximum atomic E-state index is 2.44. The van der Waals surface area contributed by atoms with Crippen LogP contribution in [-0.2, 0) is 0 Å². The summed E-state index contributed by atoms with van der Waals surface area (Å²) in [6.45, 7) is 18.5. The Morgan fingerprint density at radius 2 is 1.09 bits per heavy atom. The predicted molar refractivity (Wildman–Crippen MR) is 143 cm³/mol. The first kappa shape index (κ1) is 22.5. The van der Waals surface area contributed by atoms with Gasteiger partial charge in [-0.25, -0.2) is 0 Å². The van der Waals surface area contributed by atoms with E-state index in [4.69, 9.17) is 0 Å². The minimum atomic E-state index is -2.50. The first-order valence-electron chi connectivity index (χ1n) is 11.8. The molecule has 0 aliphatic heterocycles. The van der Waals surface area contributed by atoms with E-state index in [2.05, 4.69) is 122 Å². The molecule has 164 valence electrons. The zero-order valence-corrected chi connectivity index (χ0v) is 21.9. The summed E-state index contributed by atoms with van der Waals surface area (Å²) >= 11 is 0. The summed E-state index contributed by atoms with van der Waals surface area (Å²) in [6.07, 6.45) is 0. The van der Waals surface area contributed by atoms with E-state index in [1.54, 1.807) is 5.20 Å². The normalized spacial score (nSPS) is 16.8. The van der Waals surface area contributed by atoms with E-state index in [0.29, 0.717) is 5.92 Å². The zero-order valence-electron chi connectivity index (χ0n) is 20.9. The molecule has 0 saturated carbocycles. The molecule has 4 rings (SSSR count).